The fourth-order valence-electron chi connectivity index (χ4n) is 2.06. The van der Waals surface area contributed by atoms with E-state index in [1.807, 2.05) is 0 Å². The maximum Gasteiger partial charge on any atom is 0.00511 e. The molecule has 1 heteroatoms. The fraction of sp³-hybridized carbons (Fsp3) is 0.286. The molecule has 1 nitrogen and oxygen atoms in total. The summed E-state index contributed by atoms with van der Waals surface area (Å²) in [5.41, 5.74) is 8.54. The van der Waals surface area contributed by atoms with Crippen LogP contribution in [0.4, 0.5) is 0 Å². The predicted octanol–water partition coefficient (Wildman–Crippen LogP) is 3.04. The van der Waals surface area contributed by atoms with Crippen molar-refractivity contribution in [3.63, 3.8) is 0 Å². The first-order valence-corrected chi connectivity index (χ1v) is 5.41. The van der Waals surface area contributed by atoms with Crippen LogP contribution in [0.15, 0.2) is 36.4 Å². The summed E-state index contributed by atoms with van der Waals surface area (Å²) in [6.07, 6.45) is 0.945. The number of aryl methyl sites for hydroxylation is 1. The van der Waals surface area contributed by atoms with E-state index in [2.05, 4.69) is 50.2 Å². The average Bonchev–Trinajstić information content (AvgIpc) is 2.19. The highest BCUT2D eigenvalue weighted by Gasteiger charge is 2.04. The average molecular weight is 199 g/mol. The third-order valence-corrected chi connectivity index (χ3v) is 2.77. The van der Waals surface area contributed by atoms with Gasteiger partial charge in [-0.1, -0.05) is 36.4 Å². The summed E-state index contributed by atoms with van der Waals surface area (Å²) in [4.78, 5) is 0. The number of hydrogen-bond acceptors (Lipinski definition) is 1. The molecule has 0 saturated carbocycles. The molecule has 78 valence electrons. The summed E-state index contributed by atoms with van der Waals surface area (Å²) in [7, 11) is 0. The van der Waals surface area contributed by atoms with Crippen LogP contribution in [0, 0.1) is 6.92 Å². The van der Waals surface area contributed by atoms with Crippen LogP contribution >= 0.6 is 0 Å². The van der Waals surface area contributed by atoms with Crippen molar-refractivity contribution in [2.24, 2.45) is 5.73 Å². The molecule has 0 amide bonds. The first-order valence-electron chi connectivity index (χ1n) is 5.41. The highest BCUT2D eigenvalue weighted by Crippen LogP contribution is 2.22. The minimum Gasteiger partial charge on any atom is -0.328 e. The molecular formula is C14H17N. The van der Waals surface area contributed by atoms with E-state index in [9.17, 15) is 0 Å². The van der Waals surface area contributed by atoms with Gasteiger partial charge in [0.15, 0.2) is 0 Å². The van der Waals surface area contributed by atoms with E-state index in [0.29, 0.717) is 0 Å². The summed E-state index contributed by atoms with van der Waals surface area (Å²) in [5, 5.41) is 2.69. The molecule has 0 radical (unpaired) electrons. The van der Waals surface area contributed by atoms with Gasteiger partial charge in [0, 0.05) is 6.04 Å². The lowest BCUT2D eigenvalue weighted by molar-refractivity contribution is 0.742. The van der Waals surface area contributed by atoms with Crippen LogP contribution in [-0.4, -0.2) is 6.04 Å². The van der Waals surface area contributed by atoms with E-state index in [4.69, 9.17) is 5.73 Å². The SMILES string of the molecule is Cc1cccc2c(CC(C)N)cccc12. The molecule has 15 heavy (non-hydrogen) atoms. The van der Waals surface area contributed by atoms with Crippen molar-refractivity contribution in [1.82, 2.24) is 0 Å². The highest BCUT2D eigenvalue weighted by molar-refractivity contribution is 5.88. The Labute approximate surface area is 90.9 Å². The second-order valence-electron chi connectivity index (χ2n) is 4.27. The lowest BCUT2D eigenvalue weighted by Gasteiger charge is -2.10. The van der Waals surface area contributed by atoms with Crippen molar-refractivity contribution in [3.05, 3.63) is 47.5 Å². The molecule has 0 aliphatic rings. The minimum absolute atomic E-state index is 0.219. The zero-order valence-corrected chi connectivity index (χ0v) is 9.33. The Hall–Kier alpha value is -1.34. The molecule has 0 spiro atoms. The van der Waals surface area contributed by atoms with Gasteiger partial charge in [0.05, 0.1) is 0 Å². The summed E-state index contributed by atoms with van der Waals surface area (Å²) >= 11 is 0. The Morgan fingerprint density at radius 3 is 2.47 bits per heavy atom. The van der Waals surface area contributed by atoms with Crippen LogP contribution in [0.5, 0.6) is 0 Å². The molecule has 2 aromatic carbocycles. The Morgan fingerprint density at radius 1 is 1.07 bits per heavy atom. The normalized spacial score (nSPS) is 13.0. The number of benzene rings is 2. The van der Waals surface area contributed by atoms with Crippen LogP contribution in [0.3, 0.4) is 0 Å². The minimum atomic E-state index is 0.219. The van der Waals surface area contributed by atoms with Gasteiger partial charge >= 0.3 is 0 Å². The van der Waals surface area contributed by atoms with E-state index in [-0.39, 0.29) is 6.04 Å². The molecule has 0 bridgehead atoms. The molecule has 0 heterocycles. The van der Waals surface area contributed by atoms with E-state index in [0.717, 1.165) is 6.42 Å². The zero-order chi connectivity index (χ0) is 10.8. The number of fused-ring (bicyclic) bond motifs is 1. The quantitative estimate of drug-likeness (QED) is 0.790. The topological polar surface area (TPSA) is 26.0 Å². The van der Waals surface area contributed by atoms with Crippen LogP contribution in [0.1, 0.15) is 18.1 Å². The van der Waals surface area contributed by atoms with E-state index >= 15 is 0 Å². The summed E-state index contributed by atoms with van der Waals surface area (Å²) in [6, 6.07) is 13.1. The molecular weight excluding hydrogens is 182 g/mol. The van der Waals surface area contributed by atoms with Gasteiger partial charge in [-0.15, -0.1) is 0 Å². The molecule has 0 saturated heterocycles. The maximum atomic E-state index is 5.85. The Bertz CT molecular complexity index is 472. The van der Waals surface area contributed by atoms with Crippen molar-refractivity contribution in [1.29, 1.82) is 0 Å². The molecule has 0 fully saturated rings. The number of rotatable bonds is 2. The van der Waals surface area contributed by atoms with Gasteiger partial charge < -0.3 is 5.73 Å². The standard InChI is InChI=1S/C14H17N/c1-10-5-3-8-14-12(9-11(2)15)6-4-7-13(10)14/h3-8,11H,9,15H2,1-2H3. The third kappa shape index (κ3) is 2.02. The van der Waals surface area contributed by atoms with Gasteiger partial charge in [-0.2, -0.15) is 0 Å². The molecule has 1 atom stereocenters. The Morgan fingerprint density at radius 2 is 1.73 bits per heavy atom. The molecule has 0 aliphatic carbocycles. The lowest BCUT2D eigenvalue weighted by atomic mass is 9.97. The second kappa shape index (κ2) is 4.03. The van der Waals surface area contributed by atoms with E-state index in [1.54, 1.807) is 0 Å². The van der Waals surface area contributed by atoms with Crippen molar-refractivity contribution < 1.29 is 0 Å². The van der Waals surface area contributed by atoms with Crippen LogP contribution in [0.2, 0.25) is 0 Å². The third-order valence-electron chi connectivity index (χ3n) is 2.77. The number of hydrogen-bond donors (Lipinski definition) is 1. The zero-order valence-electron chi connectivity index (χ0n) is 9.33. The Kier molecular flexibility index (Phi) is 2.74. The first-order chi connectivity index (χ1) is 7.18. The molecule has 0 aliphatic heterocycles. The van der Waals surface area contributed by atoms with Crippen LogP contribution < -0.4 is 5.73 Å². The molecule has 2 aromatic rings. The van der Waals surface area contributed by atoms with Gasteiger partial charge in [-0.25, -0.2) is 0 Å². The van der Waals surface area contributed by atoms with Crippen molar-refractivity contribution in [2.75, 3.05) is 0 Å². The van der Waals surface area contributed by atoms with Crippen molar-refractivity contribution >= 4 is 10.8 Å². The van der Waals surface area contributed by atoms with Crippen LogP contribution in [0.25, 0.3) is 10.8 Å². The monoisotopic (exact) mass is 199 g/mol. The summed E-state index contributed by atoms with van der Waals surface area (Å²) in [6.45, 7) is 4.20. The van der Waals surface area contributed by atoms with E-state index in [1.165, 1.54) is 21.9 Å². The fourth-order valence-corrected chi connectivity index (χ4v) is 2.06. The number of nitrogens with two attached hydrogens (primary N) is 1. The summed E-state index contributed by atoms with van der Waals surface area (Å²) in [5.74, 6) is 0. The smallest absolute Gasteiger partial charge is 0.00511 e. The van der Waals surface area contributed by atoms with Gasteiger partial charge in [-0.05, 0) is 42.2 Å². The van der Waals surface area contributed by atoms with Crippen molar-refractivity contribution in [3.8, 4) is 0 Å². The second-order valence-corrected chi connectivity index (χ2v) is 4.27. The molecule has 1 unspecified atom stereocenters. The molecule has 2 rings (SSSR count). The molecule has 0 aromatic heterocycles. The van der Waals surface area contributed by atoms with Gasteiger partial charge in [0.2, 0.25) is 0 Å². The Balaban J connectivity index is 2.61. The maximum absolute atomic E-state index is 5.85. The van der Waals surface area contributed by atoms with Gasteiger partial charge in [0.1, 0.15) is 0 Å². The predicted molar refractivity (Wildman–Crippen MR) is 66.0 cm³/mol. The first kappa shape index (κ1) is 10.2. The van der Waals surface area contributed by atoms with Crippen LogP contribution in [-0.2, 0) is 6.42 Å². The lowest BCUT2D eigenvalue weighted by Crippen LogP contribution is -2.17. The largest absolute Gasteiger partial charge is 0.328 e. The highest BCUT2D eigenvalue weighted by atomic mass is 14.6. The summed E-state index contributed by atoms with van der Waals surface area (Å²) < 4.78 is 0. The van der Waals surface area contributed by atoms with Crippen molar-refractivity contribution in [2.45, 2.75) is 26.3 Å². The van der Waals surface area contributed by atoms with Gasteiger partial charge in [0.25, 0.3) is 0 Å². The molecule has 2 N–H and O–H groups in total. The van der Waals surface area contributed by atoms with Gasteiger partial charge in [-0.3, -0.25) is 0 Å². The van der Waals surface area contributed by atoms with E-state index < -0.39 is 0 Å².